The number of nitrogens with one attached hydrogen (secondary N) is 1. The van der Waals surface area contributed by atoms with E-state index < -0.39 is 0 Å². The zero-order valence-electron chi connectivity index (χ0n) is 11.5. The summed E-state index contributed by atoms with van der Waals surface area (Å²) in [5.74, 6) is 2.45. The monoisotopic (exact) mass is 272 g/mol. The third-order valence-corrected chi connectivity index (χ3v) is 4.94. The van der Waals surface area contributed by atoms with Gasteiger partial charge in [0.05, 0.1) is 0 Å². The van der Waals surface area contributed by atoms with Crippen molar-refractivity contribution in [2.75, 3.05) is 26.2 Å². The lowest BCUT2D eigenvalue weighted by molar-refractivity contribution is -0.140. The Morgan fingerprint density at radius 1 is 1.25 bits per heavy atom. The molecule has 3 aliphatic heterocycles. The van der Waals surface area contributed by atoms with E-state index in [0.717, 1.165) is 56.3 Å². The molecule has 4 rings (SSSR count). The van der Waals surface area contributed by atoms with Crippen LogP contribution in [0.25, 0.3) is 0 Å². The first-order valence-corrected chi connectivity index (χ1v) is 7.55. The fraction of sp³-hybridized carbons (Fsp3) is 0.562. The lowest BCUT2D eigenvalue weighted by Gasteiger charge is -2.35. The number of piperidine rings is 1. The molecule has 1 aromatic carbocycles. The van der Waals surface area contributed by atoms with Crippen molar-refractivity contribution < 1.29 is 9.53 Å². The van der Waals surface area contributed by atoms with Crippen LogP contribution in [-0.2, 0) is 11.2 Å². The van der Waals surface area contributed by atoms with Crippen LogP contribution in [0.15, 0.2) is 24.3 Å². The average Bonchev–Trinajstić information content (AvgIpc) is 3.11. The molecule has 0 aliphatic carbocycles. The summed E-state index contributed by atoms with van der Waals surface area (Å²) >= 11 is 0. The molecule has 3 heterocycles. The smallest absolute Gasteiger partial charge is 0.264 e. The number of hydrogen-bond acceptors (Lipinski definition) is 3. The third-order valence-electron chi connectivity index (χ3n) is 4.94. The van der Waals surface area contributed by atoms with Crippen molar-refractivity contribution in [3.63, 3.8) is 0 Å². The molecule has 1 aromatic rings. The number of fused-ring (bicyclic) bond motifs is 2. The van der Waals surface area contributed by atoms with Crippen molar-refractivity contribution in [3.8, 4) is 5.75 Å². The second-order valence-electron chi connectivity index (χ2n) is 6.17. The van der Waals surface area contributed by atoms with Crippen molar-refractivity contribution in [3.05, 3.63) is 29.8 Å². The highest BCUT2D eigenvalue weighted by atomic mass is 16.5. The Morgan fingerprint density at radius 3 is 3.00 bits per heavy atom. The number of para-hydroxylation sites is 1. The molecular formula is C16H20N2O2. The average molecular weight is 272 g/mol. The lowest BCUT2D eigenvalue weighted by Crippen LogP contribution is -2.48. The molecule has 20 heavy (non-hydrogen) atoms. The summed E-state index contributed by atoms with van der Waals surface area (Å²) in [6.07, 6.45) is 1.54. The molecule has 2 fully saturated rings. The standard InChI is InChI=1S/C16H20N2O2/c19-16(15-7-11-3-1-2-4-14(11)20-15)18-6-5-12-8-17-9-13(12)10-18/h1-4,12-13,15,17H,5-10H2. The van der Waals surface area contributed by atoms with Crippen molar-refractivity contribution in [2.24, 2.45) is 11.8 Å². The van der Waals surface area contributed by atoms with Crippen molar-refractivity contribution >= 4 is 5.91 Å². The van der Waals surface area contributed by atoms with Crippen LogP contribution in [0, 0.1) is 11.8 Å². The minimum Gasteiger partial charge on any atom is -0.480 e. The van der Waals surface area contributed by atoms with Gasteiger partial charge in [0.1, 0.15) is 5.75 Å². The summed E-state index contributed by atoms with van der Waals surface area (Å²) in [4.78, 5) is 14.7. The van der Waals surface area contributed by atoms with Gasteiger partial charge in [-0.05, 0) is 43.0 Å². The van der Waals surface area contributed by atoms with Crippen molar-refractivity contribution in [1.82, 2.24) is 10.2 Å². The first-order chi connectivity index (χ1) is 9.81. The Labute approximate surface area is 119 Å². The van der Waals surface area contributed by atoms with Crippen LogP contribution in [-0.4, -0.2) is 43.1 Å². The van der Waals surface area contributed by atoms with Gasteiger partial charge in [-0.2, -0.15) is 0 Å². The molecule has 106 valence electrons. The summed E-state index contributed by atoms with van der Waals surface area (Å²) in [5, 5.41) is 3.44. The zero-order valence-corrected chi connectivity index (χ0v) is 11.5. The Morgan fingerprint density at radius 2 is 2.10 bits per heavy atom. The maximum Gasteiger partial charge on any atom is 0.264 e. The summed E-state index contributed by atoms with van der Waals surface area (Å²) in [6.45, 7) is 3.96. The van der Waals surface area contributed by atoms with Gasteiger partial charge in [-0.1, -0.05) is 18.2 Å². The van der Waals surface area contributed by atoms with Crippen LogP contribution in [0.2, 0.25) is 0 Å². The van der Waals surface area contributed by atoms with E-state index in [0.29, 0.717) is 5.92 Å². The van der Waals surface area contributed by atoms with E-state index in [1.807, 2.05) is 23.1 Å². The van der Waals surface area contributed by atoms with Gasteiger partial charge in [-0.3, -0.25) is 4.79 Å². The predicted molar refractivity (Wildman–Crippen MR) is 75.6 cm³/mol. The zero-order chi connectivity index (χ0) is 13.5. The molecule has 3 atom stereocenters. The minimum atomic E-state index is -0.307. The van der Waals surface area contributed by atoms with E-state index in [2.05, 4.69) is 11.4 Å². The summed E-state index contributed by atoms with van der Waals surface area (Å²) in [5.41, 5.74) is 1.16. The molecule has 4 heteroatoms. The van der Waals surface area contributed by atoms with Gasteiger partial charge in [0.15, 0.2) is 6.10 Å². The lowest BCUT2D eigenvalue weighted by atomic mass is 9.88. The van der Waals surface area contributed by atoms with Gasteiger partial charge >= 0.3 is 0 Å². The molecule has 0 spiro atoms. The Kier molecular flexibility index (Phi) is 2.91. The molecule has 3 unspecified atom stereocenters. The van der Waals surface area contributed by atoms with Crippen LogP contribution >= 0.6 is 0 Å². The van der Waals surface area contributed by atoms with Crippen LogP contribution in [0.4, 0.5) is 0 Å². The SMILES string of the molecule is O=C(C1Cc2ccccc2O1)N1CCC2CNCC2C1. The number of carbonyl (C=O) groups is 1. The summed E-state index contributed by atoms with van der Waals surface area (Å²) in [7, 11) is 0. The van der Waals surface area contributed by atoms with Gasteiger partial charge in [-0.25, -0.2) is 0 Å². The molecule has 0 aromatic heterocycles. The number of likely N-dealkylation sites (tertiary alicyclic amines) is 1. The minimum absolute atomic E-state index is 0.173. The number of rotatable bonds is 1. The van der Waals surface area contributed by atoms with E-state index in [9.17, 15) is 4.79 Å². The van der Waals surface area contributed by atoms with Crippen molar-refractivity contribution in [1.29, 1.82) is 0 Å². The molecule has 0 bridgehead atoms. The van der Waals surface area contributed by atoms with Crippen LogP contribution in [0.3, 0.4) is 0 Å². The number of amides is 1. The molecule has 4 nitrogen and oxygen atoms in total. The maximum absolute atomic E-state index is 12.6. The van der Waals surface area contributed by atoms with Gasteiger partial charge in [0, 0.05) is 19.5 Å². The van der Waals surface area contributed by atoms with Crippen LogP contribution in [0.1, 0.15) is 12.0 Å². The fourth-order valence-electron chi connectivity index (χ4n) is 3.76. The van der Waals surface area contributed by atoms with Crippen molar-refractivity contribution in [2.45, 2.75) is 18.9 Å². The topological polar surface area (TPSA) is 41.6 Å². The molecule has 3 aliphatic rings. The number of benzene rings is 1. The maximum atomic E-state index is 12.6. The number of carbonyl (C=O) groups excluding carboxylic acids is 1. The number of hydrogen-bond donors (Lipinski definition) is 1. The van der Waals surface area contributed by atoms with E-state index >= 15 is 0 Å². The van der Waals surface area contributed by atoms with E-state index in [1.165, 1.54) is 0 Å². The summed E-state index contributed by atoms with van der Waals surface area (Å²) < 4.78 is 5.83. The first-order valence-electron chi connectivity index (χ1n) is 7.55. The van der Waals surface area contributed by atoms with Crippen LogP contribution < -0.4 is 10.1 Å². The Balaban J connectivity index is 1.44. The predicted octanol–water partition coefficient (Wildman–Crippen LogP) is 1.06. The fourth-order valence-corrected chi connectivity index (χ4v) is 3.76. The highest BCUT2D eigenvalue weighted by Crippen LogP contribution is 2.31. The molecule has 2 saturated heterocycles. The molecule has 1 N–H and O–H groups in total. The second-order valence-corrected chi connectivity index (χ2v) is 6.17. The van der Waals surface area contributed by atoms with E-state index in [4.69, 9.17) is 4.74 Å². The molecule has 0 radical (unpaired) electrons. The van der Waals surface area contributed by atoms with Gasteiger partial charge in [-0.15, -0.1) is 0 Å². The number of ether oxygens (including phenoxy) is 1. The molecular weight excluding hydrogens is 252 g/mol. The highest BCUT2D eigenvalue weighted by Gasteiger charge is 2.38. The van der Waals surface area contributed by atoms with Gasteiger partial charge < -0.3 is 15.0 Å². The number of nitrogens with zero attached hydrogens (tertiary/aromatic N) is 1. The Hall–Kier alpha value is -1.55. The first kappa shape index (κ1) is 12.2. The molecule has 1 amide bonds. The van der Waals surface area contributed by atoms with E-state index in [-0.39, 0.29) is 12.0 Å². The second kappa shape index (κ2) is 4.77. The van der Waals surface area contributed by atoms with Crippen LogP contribution in [0.5, 0.6) is 5.75 Å². The quantitative estimate of drug-likeness (QED) is 0.831. The van der Waals surface area contributed by atoms with Gasteiger partial charge in [0.25, 0.3) is 5.91 Å². The van der Waals surface area contributed by atoms with Gasteiger partial charge in [0.2, 0.25) is 0 Å². The summed E-state index contributed by atoms with van der Waals surface area (Å²) in [6, 6.07) is 7.97. The Bertz CT molecular complexity index is 506. The molecule has 0 saturated carbocycles. The normalized spacial score (nSPS) is 31.6. The third kappa shape index (κ3) is 1.99. The highest BCUT2D eigenvalue weighted by molar-refractivity contribution is 5.82. The van der Waals surface area contributed by atoms with E-state index in [1.54, 1.807) is 0 Å². The largest absolute Gasteiger partial charge is 0.480 e.